The number of nitrogens with one attached hydrogen (secondary N) is 1. The summed E-state index contributed by atoms with van der Waals surface area (Å²) in [5, 5.41) is 18.5. The van der Waals surface area contributed by atoms with Gasteiger partial charge in [0.15, 0.2) is 0 Å². The molecule has 0 bridgehead atoms. The van der Waals surface area contributed by atoms with E-state index in [1.165, 1.54) is 17.6 Å². The highest BCUT2D eigenvalue weighted by Gasteiger charge is 2.42. The second kappa shape index (κ2) is 12.0. The second-order valence-electron chi connectivity index (χ2n) is 7.15. The van der Waals surface area contributed by atoms with Crippen LogP contribution in [0.1, 0.15) is 45.8 Å². The molecule has 168 valence electrons. The maximum Gasteiger partial charge on any atom is 0.305 e. The smallest absolute Gasteiger partial charge is 0.305 e. The Bertz CT molecular complexity index is 714. The molecular weight excluding hydrogens is 412 g/mol. The van der Waals surface area contributed by atoms with Crippen LogP contribution in [0.15, 0.2) is 6.07 Å². The fourth-order valence-corrected chi connectivity index (χ4v) is 5.03. The summed E-state index contributed by atoms with van der Waals surface area (Å²) in [5.74, 6) is -0.284. The van der Waals surface area contributed by atoms with Crippen LogP contribution in [0.5, 0.6) is 0 Å². The monoisotopic (exact) mass is 442 g/mol. The van der Waals surface area contributed by atoms with Crippen molar-refractivity contribution in [3.05, 3.63) is 21.4 Å². The number of hydrogen-bond donors (Lipinski definition) is 3. The standard InChI is InChI=1S/C19H28N2O5S.CH2O2/c1-25-17(23)3-2-8-21-9-5-19(6-10-21)14-13-16(18(24)20-7-11-22)27-15(14)4-12-26-19;2-1-3/h13,22H,2-12H2,1H3,(H,20,24);1H,(H,2,3). The van der Waals surface area contributed by atoms with Crippen LogP contribution in [0.25, 0.3) is 0 Å². The zero-order valence-corrected chi connectivity index (χ0v) is 18.0. The molecule has 0 aromatic carbocycles. The highest BCUT2D eigenvalue weighted by molar-refractivity contribution is 7.14. The molecule has 1 fully saturated rings. The molecule has 10 heteroatoms. The molecular formula is C20H30N2O7S. The van der Waals surface area contributed by atoms with Gasteiger partial charge in [0.2, 0.25) is 0 Å². The fraction of sp³-hybridized carbons (Fsp3) is 0.650. The minimum Gasteiger partial charge on any atom is -0.483 e. The number of piperidine rings is 1. The molecule has 3 rings (SSSR count). The second-order valence-corrected chi connectivity index (χ2v) is 8.28. The summed E-state index contributed by atoms with van der Waals surface area (Å²) in [6.45, 7) is 3.37. The van der Waals surface area contributed by atoms with Gasteiger partial charge >= 0.3 is 5.97 Å². The summed E-state index contributed by atoms with van der Waals surface area (Å²) in [7, 11) is 1.42. The van der Waals surface area contributed by atoms with Gasteiger partial charge in [0.05, 0.1) is 30.8 Å². The number of aliphatic hydroxyl groups excluding tert-OH is 1. The van der Waals surface area contributed by atoms with Crippen molar-refractivity contribution in [2.75, 3.05) is 46.5 Å². The number of esters is 1. The van der Waals surface area contributed by atoms with Gasteiger partial charge in [-0.25, -0.2) is 0 Å². The Kier molecular flexibility index (Phi) is 9.70. The van der Waals surface area contributed by atoms with E-state index in [0.29, 0.717) is 17.9 Å². The largest absolute Gasteiger partial charge is 0.483 e. The van der Waals surface area contributed by atoms with E-state index in [-0.39, 0.29) is 37.1 Å². The molecule has 3 heterocycles. The van der Waals surface area contributed by atoms with Gasteiger partial charge in [-0.3, -0.25) is 14.4 Å². The molecule has 1 amide bonds. The Labute approximate surface area is 180 Å². The van der Waals surface area contributed by atoms with Crippen molar-refractivity contribution in [1.82, 2.24) is 10.2 Å². The van der Waals surface area contributed by atoms with Gasteiger partial charge in [0.25, 0.3) is 12.4 Å². The van der Waals surface area contributed by atoms with Crippen LogP contribution in [0.4, 0.5) is 0 Å². The van der Waals surface area contributed by atoms with E-state index >= 15 is 0 Å². The highest BCUT2D eigenvalue weighted by Crippen LogP contribution is 2.44. The van der Waals surface area contributed by atoms with Crippen LogP contribution in [0, 0.1) is 0 Å². The molecule has 1 aromatic rings. The van der Waals surface area contributed by atoms with Crippen LogP contribution in [0.3, 0.4) is 0 Å². The molecule has 2 aliphatic rings. The van der Waals surface area contributed by atoms with Gasteiger partial charge in [0.1, 0.15) is 0 Å². The minimum absolute atomic E-state index is 0.0598. The van der Waals surface area contributed by atoms with E-state index in [4.69, 9.17) is 24.5 Å². The molecule has 1 saturated heterocycles. The van der Waals surface area contributed by atoms with Gasteiger partial charge in [0, 0.05) is 37.4 Å². The van der Waals surface area contributed by atoms with Crippen LogP contribution >= 0.6 is 11.3 Å². The zero-order chi connectivity index (χ0) is 22.0. The number of carboxylic acid groups (broad SMARTS) is 1. The van der Waals surface area contributed by atoms with Crippen molar-refractivity contribution in [3.63, 3.8) is 0 Å². The minimum atomic E-state index is -0.293. The number of hydrogen-bond acceptors (Lipinski definition) is 8. The highest BCUT2D eigenvalue weighted by atomic mass is 32.1. The van der Waals surface area contributed by atoms with Crippen molar-refractivity contribution in [2.45, 2.75) is 37.7 Å². The number of likely N-dealkylation sites (tertiary alicyclic amines) is 1. The van der Waals surface area contributed by atoms with Gasteiger partial charge in [-0.05, 0) is 37.4 Å². The molecule has 9 nitrogen and oxygen atoms in total. The number of methoxy groups -OCH3 is 1. The van der Waals surface area contributed by atoms with E-state index in [1.54, 1.807) is 11.3 Å². The molecule has 1 spiro atoms. The van der Waals surface area contributed by atoms with Crippen LogP contribution in [-0.2, 0) is 31.1 Å². The maximum absolute atomic E-state index is 12.2. The normalized spacial score (nSPS) is 17.4. The van der Waals surface area contributed by atoms with Crippen molar-refractivity contribution >= 4 is 29.7 Å². The zero-order valence-electron chi connectivity index (χ0n) is 17.2. The van der Waals surface area contributed by atoms with Crippen molar-refractivity contribution in [2.24, 2.45) is 0 Å². The number of carbonyl (C=O) groups excluding carboxylic acids is 2. The third kappa shape index (κ3) is 6.24. The molecule has 0 unspecified atom stereocenters. The van der Waals surface area contributed by atoms with Crippen molar-refractivity contribution in [1.29, 1.82) is 0 Å². The predicted molar refractivity (Wildman–Crippen MR) is 111 cm³/mol. The van der Waals surface area contributed by atoms with Crippen LogP contribution in [-0.4, -0.2) is 80.0 Å². The number of carbonyl (C=O) groups is 3. The Hall–Kier alpha value is -2.01. The number of rotatable bonds is 7. The predicted octanol–water partition coefficient (Wildman–Crippen LogP) is 0.988. The van der Waals surface area contributed by atoms with Crippen molar-refractivity contribution in [3.8, 4) is 0 Å². The first kappa shape index (κ1) is 24.3. The summed E-state index contributed by atoms with van der Waals surface area (Å²) in [6.07, 6.45) is 3.90. The summed E-state index contributed by atoms with van der Waals surface area (Å²) in [5.41, 5.74) is 0.875. The van der Waals surface area contributed by atoms with Gasteiger partial charge in [-0.15, -0.1) is 11.3 Å². The number of amides is 1. The van der Waals surface area contributed by atoms with Gasteiger partial charge in [-0.2, -0.15) is 0 Å². The third-order valence-electron chi connectivity index (χ3n) is 5.38. The van der Waals surface area contributed by atoms with E-state index in [2.05, 4.69) is 10.2 Å². The Morgan fingerprint density at radius 2 is 2.10 bits per heavy atom. The van der Waals surface area contributed by atoms with Gasteiger partial charge in [-0.1, -0.05) is 0 Å². The quantitative estimate of drug-likeness (QED) is 0.422. The molecule has 0 atom stereocenters. The Balaban J connectivity index is 0.00000101. The number of nitrogens with zero attached hydrogens (tertiary/aromatic N) is 1. The van der Waals surface area contributed by atoms with Crippen molar-refractivity contribution < 1.29 is 34.1 Å². The first-order chi connectivity index (χ1) is 14.5. The summed E-state index contributed by atoms with van der Waals surface area (Å²) < 4.78 is 10.9. The lowest BCUT2D eigenvalue weighted by molar-refractivity contribution is -0.141. The third-order valence-corrected chi connectivity index (χ3v) is 6.57. The van der Waals surface area contributed by atoms with Crippen LogP contribution < -0.4 is 5.32 Å². The molecule has 0 aliphatic carbocycles. The summed E-state index contributed by atoms with van der Waals surface area (Å²) in [4.78, 5) is 36.2. The summed E-state index contributed by atoms with van der Waals surface area (Å²) >= 11 is 1.54. The molecule has 0 saturated carbocycles. The van der Waals surface area contributed by atoms with E-state index in [9.17, 15) is 9.59 Å². The van der Waals surface area contributed by atoms with E-state index < -0.39 is 0 Å². The molecule has 2 aliphatic heterocycles. The average molecular weight is 443 g/mol. The fourth-order valence-electron chi connectivity index (χ4n) is 3.89. The number of fused-ring (bicyclic) bond motifs is 2. The van der Waals surface area contributed by atoms with Crippen LogP contribution in [0.2, 0.25) is 0 Å². The molecule has 30 heavy (non-hydrogen) atoms. The van der Waals surface area contributed by atoms with Gasteiger partial charge < -0.3 is 29.9 Å². The lowest BCUT2D eigenvalue weighted by atomic mass is 9.82. The van der Waals surface area contributed by atoms with E-state index in [0.717, 1.165) is 45.3 Å². The number of ether oxygens (including phenoxy) is 2. The maximum atomic E-state index is 12.2. The molecule has 1 aromatic heterocycles. The first-order valence-electron chi connectivity index (χ1n) is 10.0. The lowest BCUT2D eigenvalue weighted by Gasteiger charge is -2.44. The SMILES string of the molecule is COC(=O)CCCN1CCC2(CC1)OCCc1sc(C(=O)NCCO)cc12.O=CO. The van der Waals surface area contributed by atoms with E-state index in [1.807, 2.05) is 6.07 Å². The Morgan fingerprint density at radius 1 is 1.40 bits per heavy atom. The molecule has 3 N–H and O–H groups in total. The topological polar surface area (TPSA) is 125 Å². The summed E-state index contributed by atoms with van der Waals surface area (Å²) in [6, 6.07) is 1.98. The number of thiophene rings is 1. The Morgan fingerprint density at radius 3 is 2.73 bits per heavy atom. The molecule has 0 radical (unpaired) electrons. The lowest BCUT2D eigenvalue weighted by Crippen LogP contribution is -2.46. The number of aliphatic hydroxyl groups is 1. The average Bonchev–Trinajstić information content (AvgIpc) is 3.20. The first-order valence-corrected chi connectivity index (χ1v) is 10.8.